The van der Waals surface area contributed by atoms with Crippen molar-refractivity contribution in [3.05, 3.63) is 0 Å². The summed E-state index contributed by atoms with van der Waals surface area (Å²) in [4.78, 5) is 0.107. The third-order valence-corrected chi connectivity index (χ3v) is 3.53. The van der Waals surface area contributed by atoms with Gasteiger partial charge in [-0.3, -0.25) is 0 Å². The predicted molar refractivity (Wildman–Crippen MR) is 68.8 cm³/mol. The van der Waals surface area contributed by atoms with Crippen LogP contribution >= 0.6 is 0 Å². The van der Waals surface area contributed by atoms with Crippen molar-refractivity contribution in [3.63, 3.8) is 0 Å². The molecular formula is C10H20N4O2S. The number of nitrogen functional groups attached to an aromatic ring is 1. The van der Waals surface area contributed by atoms with E-state index in [-0.39, 0.29) is 10.7 Å². The summed E-state index contributed by atoms with van der Waals surface area (Å²) in [7, 11) is -3.36. The second kappa shape index (κ2) is 5.39. The zero-order chi connectivity index (χ0) is 13.1. The molecule has 0 saturated carbocycles. The van der Waals surface area contributed by atoms with Gasteiger partial charge in [-0.15, -0.1) is 0 Å². The normalized spacial score (nSPS) is 11.7. The fraction of sp³-hybridized carbons (Fsp3) is 0.700. The van der Waals surface area contributed by atoms with E-state index < -0.39 is 9.84 Å². The number of hydrogen-bond donors (Lipinski definition) is 2. The summed E-state index contributed by atoms with van der Waals surface area (Å²) in [6.45, 7) is 5.18. The molecular weight excluding hydrogens is 240 g/mol. The van der Waals surface area contributed by atoms with E-state index in [1.165, 1.54) is 0 Å². The van der Waals surface area contributed by atoms with Gasteiger partial charge >= 0.3 is 0 Å². The van der Waals surface area contributed by atoms with E-state index in [0.29, 0.717) is 18.9 Å². The molecule has 0 bridgehead atoms. The molecule has 6 nitrogen and oxygen atoms in total. The van der Waals surface area contributed by atoms with Gasteiger partial charge in [0.25, 0.3) is 0 Å². The van der Waals surface area contributed by atoms with E-state index >= 15 is 0 Å². The molecule has 17 heavy (non-hydrogen) atoms. The minimum atomic E-state index is -3.36. The Morgan fingerprint density at radius 1 is 1.41 bits per heavy atom. The minimum absolute atomic E-state index is 0.107. The fourth-order valence-electron chi connectivity index (χ4n) is 1.59. The van der Waals surface area contributed by atoms with Crippen LogP contribution < -0.4 is 11.1 Å². The largest absolute Gasteiger partial charge is 0.383 e. The number of nitrogens with one attached hydrogen (secondary N) is 1. The van der Waals surface area contributed by atoms with Gasteiger partial charge in [0.1, 0.15) is 5.82 Å². The summed E-state index contributed by atoms with van der Waals surface area (Å²) in [5, 5.41) is 7.13. The Hall–Kier alpha value is -1.24. The maximum Gasteiger partial charge on any atom is 0.182 e. The molecule has 0 fully saturated rings. The number of hydrogen-bond acceptors (Lipinski definition) is 5. The molecule has 0 unspecified atom stereocenters. The van der Waals surface area contributed by atoms with Crippen molar-refractivity contribution in [1.29, 1.82) is 0 Å². The molecule has 1 rings (SSSR count). The van der Waals surface area contributed by atoms with Crippen LogP contribution in [-0.4, -0.2) is 31.0 Å². The lowest BCUT2D eigenvalue weighted by Gasteiger charge is -2.02. The standard InChI is InChI=1S/C10H20N4O2S/c1-4-6-7-14-9(11)8(17(3,15)16)10(13-14)12-5-2/h4-7,11H2,1-3H3,(H,12,13). The lowest BCUT2D eigenvalue weighted by atomic mass is 10.3. The van der Waals surface area contributed by atoms with Crippen LogP contribution in [0.15, 0.2) is 4.90 Å². The first-order valence-electron chi connectivity index (χ1n) is 5.72. The van der Waals surface area contributed by atoms with E-state index in [0.717, 1.165) is 19.1 Å². The minimum Gasteiger partial charge on any atom is -0.383 e. The second-order valence-corrected chi connectivity index (χ2v) is 5.89. The first kappa shape index (κ1) is 13.8. The third kappa shape index (κ3) is 3.12. The molecule has 0 amide bonds. The Bertz CT molecular complexity index is 479. The number of anilines is 2. The monoisotopic (exact) mass is 260 g/mol. The molecule has 1 heterocycles. The number of rotatable bonds is 6. The molecule has 0 saturated heterocycles. The van der Waals surface area contributed by atoms with Crippen LogP contribution in [0.5, 0.6) is 0 Å². The lowest BCUT2D eigenvalue weighted by Crippen LogP contribution is -2.07. The van der Waals surface area contributed by atoms with Crippen molar-refractivity contribution in [2.24, 2.45) is 0 Å². The highest BCUT2D eigenvalue weighted by molar-refractivity contribution is 7.91. The number of aromatic nitrogens is 2. The van der Waals surface area contributed by atoms with Crippen molar-refractivity contribution in [2.45, 2.75) is 38.1 Å². The van der Waals surface area contributed by atoms with E-state index in [9.17, 15) is 8.42 Å². The van der Waals surface area contributed by atoms with Gasteiger partial charge in [0.15, 0.2) is 20.6 Å². The van der Waals surface area contributed by atoms with Gasteiger partial charge in [0.05, 0.1) is 0 Å². The number of nitrogens with two attached hydrogens (primary N) is 1. The molecule has 0 aliphatic carbocycles. The topological polar surface area (TPSA) is 90.0 Å². The Labute approximate surface area is 102 Å². The van der Waals surface area contributed by atoms with Crippen LogP contribution in [-0.2, 0) is 16.4 Å². The van der Waals surface area contributed by atoms with Gasteiger partial charge in [0, 0.05) is 19.3 Å². The second-order valence-electron chi connectivity index (χ2n) is 3.94. The Morgan fingerprint density at radius 2 is 2.06 bits per heavy atom. The summed E-state index contributed by atoms with van der Waals surface area (Å²) >= 11 is 0. The third-order valence-electron chi connectivity index (χ3n) is 2.38. The van der Waals surface area contributed by atoms with Gasteiger partial charge in [-0.25, -0.2) is 13.1 Å². The van der Waals surface area contributed by atoms with E-state index in [1.54, 1.807) is 4.68 Å². The Balaban J connectivity index is 3.21. The zero-order valence-electron chi connectivity index (χ0n) is 10.5. The Kier molecular flexibility index (Phi) is 4.39. The number of nitrogens with zero attached hydrogens (tertiary/aromatic N) is 2. The number of sulfone groups is 1. The zero-order valence-corrected chi connectivity index (χ0v) is 11.3. The molecule has 0 radical (unpaired) electrons. The average Bonchev–Trinajstić information content (AvgIpc) is 2.52. The predicted octanol–water partition coefficient (Wildman–Crippen LogP) is 1.10. The molecule has 1 aromatic rings. The van der Waals surface area contributed by atoms with Gasteiger partial charge in [-0.2, -0.15) is 5.10 Å². The number of unbranched alkanes of at least 4 members (excludes halogenated alkanes) is 1. The van der Waals surface area contributed by atoms with Crippen LogP contribution in [0.3, 0.4) is 0 Å². The van der Waals surface area contributed by atoms with Crippen molar-refractivity contribution >= 4 is 21.5 Å². The van der Waals surface area contributed by atoms with Gasteiger partial charge < -0.3 is 11.1 Å². The van der Waals surface area contributed by atoms with Crippen molar-refractivity contribution in [2.75, 3.05) is 23.9 Å². The van der Waals surface area contributed by atoms with E-state index in [2.05, 4.69) is 17.3 Å². The van der Waals surface area contributed by atoms with Crippen LogP contribution in [0.1, 0.15) is 26.7 Å². The van der Waals surface area contributed by atoms with E-state index in [1.807, 2.05) is 6.92 Å². The highest BCUT2D eigenvalue weighted by atomic mass is 32.2. The summed E-state index contributed by atoms with van der Waals surface area (Å²) in [6, 6.07) is 0. The molecule has 1 aromatic heterocycles. The van der Waals surface area contributed by atoms with Crippen molar-refractivity contribution in [3.8, 4) is 0 Å². The molecule has 0 aromatic carbocycles. The molecule has 98 valence electrons. The summed E-state index contributed by atoms with van der Waals surface area (Å²) in [5.41, 5.74) is 5.84. The number of aryl methyl sites for hydroxylation is 1. The molecule has 0 aliphatic heterocycles. The van der Waals surface area contributed by atoms with Gasteiger partial charge in [-0.05, 0) is 13.3 Å². The Morgan fingerprint density at radius 3 is 2.53 bits per heavy atom. The average molecular weight is 260 g/mol. The lowest BCUT2D eigenvalue weighted by molar-refractivity contribution is 0.578. The maximum absolute atomic E-state index is 11.7. The van der Waals surface area contributed by atoms with Crippen LogP contribution in [0.25, 0.3) is 0 Å². The highest BCUT2D eigenvalue weighted by Crippen LogP contribution is 2.27. The molecule has 0 aliphatic rings. The molecule has 3 N–H and O–H groups in total. The fourth-order valence-corrected chi connectivity index (χ4v) is 2.53. The van der Waals surface area contributed by atoms with Crippen LogP contribution in [0.4, 0.5) is 11.6 Å². The molecule has 0 spiro atoms. The molecule has 7 heteroatoms. The van der Waals surface area contributed by atoms with Crippen LogP contribution in [0.2, 0.25) is 0 Å². The van der Waals surface area contributed by atoms with Crippen molar-refractivity contribution < 1.29 is 8.42 Å². The summed E-state index contributed by atoms with van der Waals surface area (Å²) < 4.78 is 24.9. The highest BCUT2D eigenvalue weighted by Gasteiger charge is 2.23. The first-order valence-corrected chi connectivity index (χ1v) is 7.61. The van der Waals surface area contributed by atoms with Gasteiger partial charge in [0.2, 0.25) is 0 Å². The quantitative estimate of drug-likeness (QED) is 0.799. The van der Waals surface area contributed by atoms with Crippen molar-refractivity contribution in [1.82, 2.24) is 9.78 Å². The van der Waals surface area contributed by atoms with Crippen LogP contribution in [0, 0.1) is 0 Å². The smallest absolute Gasteiger partial charge is 0.182 e. The summed E-state index contributed by atoms with van der Waals surface area (Å²) in [5.74, 6) is 0.570. The maximum atomic E-state index is 11.7. The SMILES string of the molecule is CCCCn1nc(NCC)c(S(C)(=O)=O)c1N. The first-order chi connectivity index (χ1) is 7.91. The van der Waals surface area contributed by atoms with E-state index in [4.69, 9.17) is 5.73 Å². The summed E-state index contributed by atoms with van der Waals surface area (Å²) in [6.07, 6.45) is 3.07. The molecule has 0 atom stereocenters. The van der Waals surface area contributed by atoms with Gasteiger partial charge in [-0.1, -0.05) is 13.3 Å².